The molecule has 0 bridgehead atoms. The highest BCUT2D eigenvalue weighted by molar-refractivity contribution is 6.60. The van der Waals surface area contributed by atoms with Gasteiger partial charge in [-0.1, -0.05) is 0 Å². The zero-order valence-electron chi connectivity index (χ0n) is 6.85. The molecule has 1 fully saturated rings. The van der Waals surface area contributed by atoms with Crippen molar-refractivity contribution in [1.29, 1.82) is 0 Å². The molecule has 1 nitrogen and oxygen atoms in total. The Kier molecular flexibility index (Phi) is 2.83. The molecule has 0 saturated carbocycles. The molecule has 1 unspecified atom stereocenters. The second kappa shape index (κ2) is 3.52. The van der Waals surface area contributed by atoms with Crippen molar-refractivity contribution in [3.8, 4) is 0 Å². The Morgan fingerprint density at radius 3 is 2.08 bits per heavy atom. The summed E-state index contributed by atoms with van der Waals surface area (Å²) in [5.74, 6) is -1.38. The summed E-state index contributed by atoms with van der Waals surface area (Å²) in [6.45, 7) is -0.450. The van der Waals surface area contributed by atoms with E-state index in [0.717, 1.165) is 18.9 Å². The van der Waals surface area contributed by atoms with E-state index in [2.05, 4.69) is 6.58 Å². The SMILES string of the molecule is C=CC(N1CCCC1)[B-](F)(F)F. The number of halogens is 3. The van der Waals surface area contributed by atoms with Gasteiger partial charge in [-0.25, -0.2) is 0 Å². The molecule has 0 aromatic carbocycles. The van der Waals surface area contributed by atoms with Crippen LogP contribution in [-0.2, 0) is 0 Å². The predicted molar refractivity (Wildman–Crippen MR) is 43.9 cm³/mol. The van der Waals surface area contributed by atoms with Crippen molar-refractivity contribution in [2.75, 3.05) is 13.1 Å². The van der Waals surface area contributed by atoms with Crippen LogP contribution in [0.2, 0.25) is 0 Å². The second-order valence-corrected chi connectivity index (χ2v) is 3.09. The van der Waals surface area contributed by atoms with Crippen LogP contribution in [0.3, 0.4) is 0 Å². The Labute approximate surface area is 70.3 Å². The summed E-state index contributed by atoms with van der Waals surface area (Å²) in [6, 6.07) is 0. The first-order valence-electron chi connectivity index (χ1n) is 4.12. The van der Waals surface area contributed by atoms with Crippen molar-refractivity contribution in [1.82, 2.24) is 4.90 Å². The molecule has 0 aliphatic carbocycles. The average Bonchev–Trinajstić information content (AvgIpc) is 2.38. The van der Waals surface area contributed by atoms with Gasteiger partial charge in [0.15, 0.2) is 0 Å². The predicted octanol–water partition coefficient (Wildman–Crippen LogP) is 2.02. The molecule has 12 heavy (non-hydrogen) atoms. The summed E-state index contributed by atoms with van der Waals surface area (Å²) < 4.78 is 37.0. The van der Waals surface area contributed by atoms with E-state index in [4.69, 9.17) is 0 Å². The fourth-order valence-corrected chi connectivity index (χ4v) is 1.58. The van der Waals surface area contributed by atoms with Crippen LogP contribution < -0.4 is 0 Å². The standard InChI is InChI=1S/C7H12BF3N/c1-2-7(8(9,10)11)12-5-3-4-6-12/h2,7H,1,3-6H2/q-1. The third-order valence-corrected chi connectivity index (χ3v) is 2.19. The highest BCUT2D eigenvalue weighted by Crippen LogP contribution is 2.23. The molecule has 0 radical (unpaired) electrons. The minimum absolute atomic E-state index is 0.554. The Balaban J connectivity index is 2.60. The topological polar surface area (TPSA) is 3.24 Å². The molecule has 1 atom stereocenters. The third kappa shape index (κ3) is 2.03. The van der Waals surface area contributed by atoms with Gasteiger partial charge in [0.25, 0.3) is 0 Å². The molecule has 1 rings (SSSR count). The van der Waals surface area contributed by atoms with Crippen molar-refractivity contribution in [2.24, 2.45) is 0 Å². The summed E-state index contributed by atoms with van der Waals surface area (Å²) in [5.41, 5.74) is 0. The van der Waals surface area contributed by atoms with Gasteiger partial charge < -0.3 is 17.8 Å². The third-order valence-electron chi connectivity index (χ3n) is 2.19. The Bertz CT molecular complexity index is 163. The molecule has 0 N–H and O–H groups in total. The molecule has 5 heteroatoms. The van der Waals surface area contributed by atoms with E-state index in [1.54, 1.807) is 0 Å². The Morgan fingerprint density at radius 2 is 1.75 bits per heavy atom. The van der Waals surface area contributed by atoms with Crippen LogP contribution >= 0.6 is 0 Å². The van der Waals surface area contributed by atoms with Crippen LogP contribution in [0.1, 0.15) is 12.8 Å². The largest absolute Gasteiger partial charge is 0.498 e. The minimum atomic E-state index is -4.78. The monoisotopic (exact) mass is 178 g/mol. The second-order valence-electron chi connectivity index (χ2n) is 3.09. The van der Waals surface area contributed by atoms with Gasteiger partial charge in [0.1, 0.15) is 0 Å². The van der Waals surface area contributed by atoms with Crippen LogP contribution in [-0.4, -0.2) is 30.9 Å². The van der Waals surface area contributed by atoms with Gasteiger partial charge in [-0.05, 0) is 31.9 Å². The van der Waals surface area contributed by atoms with Crippen LogP contribution in [0, 0.1) is 0 Å². The van der Waals surface area contributed by atoms with E-state index in [0.29, 0.717) is 13.1 Å². The number of hydrogen-bond acceptors (Lipinski definition) is 1. The fraction of sp³-hybridized carbons (Fsp3) is 0.714. The Morgan fingerprint density at radius 1 is 1.25 bits per heavy atom. The summed E-state index contributed by atoms with van der Waals surface area (Å²) >= 11 is 0. The lowest BCUT2D eigenvalue weighted by atomic mass is 9.78. The first kappa shape index (κ1) is 9.64. The molecule has 70 valence electrons. The molecule has 0 amide bonds. The maximum atomic E-state index is 12.3. The lowest BCUT2D eigenvalue weighted by molar-refractivity contribution is 0.283. The summed E-state index contributed by atoms with van der Waals surface area (Å²) in [5, 5.41) is 0. The molecule has 1 saturated heterocycles. The van der Waals surface area contributed by atoms with Gasteiger partial charge in [-0.3, -0.25) is 0 Å². The van der Waals surface area contributed by atoms with Gasteiger partial charge in [0.2, 0.25) is 0 Å². The van der Waals surface area contributed by atoms with Gasteiger partial charge in [0.05, 0.1) is 0 Å². The van der Waals surface area contributed by atoms with E-state index in [9.17, 15) is 12.9 Å². The highest BCUT2D eigenvalue weighted by Gasteiger charge is 2.37. The summed E-state index contributed by atoms with van der Waals surface area (Å²) in [4.78, 5) is 1.45. The molecule has 0 aromatic heterocycles. The first-order chi connectivity index (χ1) is 5.55. The quantitative estimate of drug-likeness (QED) is 0.472. The van der Waals surface area contributed by atoms with Crippen LogP contribution in [0.4, 0.5) is 12.9 Å². The van der Waals surface area contributed by atoms with Crippen LogP contribution in [0.15, 0.2) is 12.7 Å². The van der Waals surface area contributed by atoms with E-state index in [-0.39, 0.29) is 0 Å². The first-order valence-corrected chi connectivity index (χ1v) is 4.12. The smallest absolute Gasteiger partial charge is 0.448 e. The number of hydrogen-bond donors (Lipinski definition) is 0. The van der Waals surface area contributed by atoms with Crippen molar-refractivity contribution >= 4 is 6.98 Å². The van der Waals surface area contributed by atoms with E-state index < -0.39 is 12.9 Å². The lowest BCUT2D eigenvalue weighted by Crippen LogP contribution is -2.46. The van der Waals surface area contributed by atoms with Crippen molar-refractivity contribution in [3.63, 3.8) is 0 Å². The molecule has 1 aliphatic rings. The molecule has 1 aliphatic heterocycles. The van der Waals surface area contributed by atoms with Crippen molar-refractivity contribution in [3.05, 3.63) is 12.7 Å². The zero-order valence-corrected chi connectivity index (χ0v) is 6.85. The number of rotatable bonds is 3. The molecular weight excluding hydrogens is 166 g/mol. The summed E-state index contributed by atoms with van der Waals surface area (Å²) in [7, 11) is 0. The van der Waals surface area contributed by atoms with Gasteiger partial charge in [-0.2, -0.15) is 0 Å². The average molecular weight is 178 g/mol. The zero-order chi connectivity index (χ0) is 9.19. The van der Waals surface area contributed by atoms with E-state index in [1.165, 1.54) is 4.90 Å². The van der Waals surface area contributed by atoms with Crippen molar-refractivity contribution in [2.45, 2.75) is 18.8 Å². The van der Waals surface area contributed by atoms with Crippen LogP contribution in [0.25, 0.3) is 0 Å². The number of likely N-dealkylation sites (tertiary alicyclic amines) is 1. The van der Waals surface area contributed by atoms with Gasteiger partial charge in [0, 0.05) is 0 Å². The minimum Gasteiger partial charge on any atom is -0.448 e. The fourth-order valence-electron chi connectivity index (χ4n) is 1.58. The van der Waals surface area contributed by atoms with E-state index >= 15 is 0 Å². The van der Waals surface area contributed by atoms with E-state index in [1.807, 2.05) is 0 Å². The number of nitrogens with zero attached hydrogens (tertiary/aromatic N) is 1. The molecule has 1 heterocycles. The van der Waals surface area contributed by atoms with Crippen LogP contribution in [0.5, 0.6) is 0 Å². The highest BCUT2D eigenvalue weighted by atomic mass is 19.4. The maximum Gasteiger partial charge on any atom is 0.498 e. The normalized spacial score (nSPS) is 22.6. The van der Waals surface area contributed by atoms with Crippen molar-refractivity contribution < 1.29 is 12.9 Å². The lowest BCUT2D eigenvalue weighted by Gasteiger charge is -2.32. The summed E-state index contributed by atoms with van der Waals surface area (Å²) in [6.07, 6.45) is 2.75. The Hall–Kier alpha value is -0.445. The molecule has 0 spiro atoms. The maximum absolute atomic E-state index is 12.3. The molecule has 0 aromatic rings. The van der Waals surface area contributed by atoms with Gasteiger partial charge in [-0.15, -0.1) is 12.7 Å². The molecular formula is C7H12BF3N-. The van der Waals surface area contributed by atoms with Gasteiger partial charge >= 0.3 is 6.98 Å².